The quantitative estimate of drug-likeness (QED) is 0.655. The summed E-state index contributed by atoms with van der Waals surface area (Å²) in [5.74, 6) is -2.25. The number of hydrogen-bond acceptors (Lipinski definition) is 3. The lowest BCUT2D eigenvalue weighted by Gasteiger charge is -2.20. The highest BCUT2D eigenvalue weighted by atomic mass is 35.5. The molecule has 0 aliphatic heterocycles. The normalized spacial score (nSPS) is 12.5. The SMILES string of the molecule is CC(C)C(C(=O)OCC(=O)Nc1ccccc1C(F)(F)F)c1ccc(Cl)cc1. The summed E-state index contributed by atoms with van der Waals surface area (Å²) in [5.41, 5.74) is -0.697. The van der Waals surface area contributed by atoms with E-state index in [1.165, 1.54) is 12.1 Å². The smallest absolute Gasteiger partial charge is 0.418 e. The van der Waals surface area contributed by atoms with Crippen molar-refractivity contribution >= 4 is 29.2 Å². The van der Waals surface area contributed by atoms with E-state index < -0.39 is 41.8 Å². The monoisotopic (exact) mass is 413 g/mol. The maximum Gasteiger partial charge on any atom is 0.418 e. The van der Waals surface area contributed by atoms with Crippen molar-refractivity contribution in [1.82, 2.24) is 0 Å². The van der Waals surface area contributed by atoms with Crippen molar-refractivity contribution < 1.29 is 27.5 Å². The van der Waals surface area contributed by atoms with Crippen LogP contribution in [0, 0.1) is 5.92 Å². The highest BCUT2D eigenvalue weighted by Crippen LogP contribution is 2.34. The number of amides is 1. The predicted octanol–water partition coefficient (Wildman–Crippen LogP) is 5.28. The van der Waals surface area contributed by atoms with Crippen LogP contribution in [0.1, 0.15) is 30.9 Å². The Morgan fingerprint density at radius 2 is 1.68 bits per heavy atom. The molecule has 0 radical (unpaired) electrons. The third-order valence-electron chi connectivity index (χ3n) is 4.00. The number of esters is 1. The lowest BCUT2D eigenvalue weighted by molar-refractivity contribution is -0.150. The van der Waals surface area contributed by atoms with Crippen molar-refractivity contribution in [3.8, 4) is 0 Å². The molecule has 2 aromatic rings. The largest absolute Gasteiger partial charge is 0.455 e. The van der Waals surface area contributed by atoms with Gasteiger partial charge in [-0.1, -0.05) is 49.7 Å². The molecule has 1 N–H and O–H groups in total. The molecule has 2 aromatic carbocycles. The first-order chi connectivity index (χ1) is 13.1. The van der Waals surface area contributed by atoms with E-state index in [1.807, 2.05) is 13.8 Å². The fourth-order valence-electron chi connectivity index (χ4n) is 2.72. The second kappa shape index (κ2) is 9.10. The number of anilines is 1. The Bertz CT molecular complexity index is 835. The molecule has 28 heavy (non-hydrogen) atoms. The molecule has 150 valence electrons. The number of nitrogens with one attached hydrogen (secondary N) is 1. The molecule has 0 fully saturated rings. The molecule has 1 atom stereocenters. The third kappa shape index (κ3) is 5.73. The van der Waals surface area contributed by atoms with E-state index in [0.29, 0.717) is 10.6 Å². The molecule has 0 heterocycles. The van der Waals surface area contributed by atoms with Crippen molar-refractivity contribution in [2.75, 3.05) is 11.9 Å². The van der Waals surface area contributed by atoms with Gasteiger partial charge >= 0.3 is 12.1 Å². The second-order valence-electron chi connectivity index (χ2n) is 6.47. The summed E-state index contributed by atoms with van der Waals surface area (Å²) in [7, 11) is 0. The van der Waals surface area contributed by atoms with Gasteiger partial charge in [0.2, 0.25) is 0 Å². The average molecular weight is 414 g/mol. The summed E-state index contributed by atoms with van der Waals surface area (Å²) in [6.07, 6.45) is -4.61. The molecule has 0 aromatic heterocycles. The van der Waals surface area contributed by atoms with Crippen LogP contribution in [0.2, 0.25) is 5.02 Å². The molecule has 0 bridgehead atoms. The van der Waals surface area contributed by atoms with Crippen LogP contribution in [0.25, 0.3) is 0 Å². The first-order valence-electron chi connectivity index (χ1n) is 8.47. The Balaban J connectivity index is 2.04. The van der Waals surface area contributed by atoms with Gasteiger partial charge in [-0.3, -0.25) is 9.59 Å². The van der Waals surface area contributed by atoms with Crippen LogP contribution in [-0.4, -0.2) is 18.5 Å². The molecule has 1 unspecified atom stereocenters. The Hall–Kier alpha value is -2.54. The van der Waals surface area contributed by atoms with Gasteiger partial charge in [0.15, 0.2) is 6.61 Å². The Morgan fingerprint density at radius 3 is 2.25 bits per heavy atom. The molecule has 8 heteroatoms. The summed E-state index contributed by atoms with van der Waals surface area (Å²) >= 11 is 5.85. The van der Waals surface area contributed by atoms with E-state index in [-0.39, 0.29) is 5.92 Å². The minimum Gasteiger partial charge on any atom is -0.455 e. The molecular formula is C20H19ClF3NO3. The van der Waals surface area contributed by atoms with E-state index in [1.54, 1.807) is 24.3 Å². The minimum atomic E-state index is -4.61. The maximum absolute atomic E-state index is 13.0. The van der Waals surface area contributed by atoms with Crippen LogP contribution in [-0.2, 0) is 20.5 Å². The number of hydrogen-bond donors (Lipinski definition) is 1. The zero-order valence-electron chi connectivity index (χ0n) is 15.2. The van der Waals surface area contributed by atoms with Gasteiger partial charge in [-0.05, 0) is 35.7 Å². The van der Waals surface area contributed by atoms with Gasteiger partial charge < -0.3 is 10.1 Å². The summed E-state index contributed by atoms with van der Waals surface area (Å²) < 4.78 is 44.0. The fraction of sp³-hybridized carbons (Fsp3) is 0.300. The number of benzene rings is 2. The van der Waals surface area contributed by atoms with Crippen LogP contribution in [0.4, 0.5) is 18.9 Å². The van der Waals surface area contributed by atoms with E-state index in [4.69, 9.17) is 16.3 Å². The fourth-order valence-corrected chi connectivity index (χ4v) is 2.84. The van der Waals surface area contributed by atoms with Gasteiger partial charge in [0.1, 0.15) is 0 Å². The molecule has 4 nitrogen and oxygen atoms in total. The zero-order valence-corrected chi connectivity index (χ0v) is 16.0. The highest BCUT2D eigenvalue weighted by molar-refractivity contribution is 6.30. The average Bonchev–Trinajstić information content (AvgIpc) is 2.61. The molecule has 0 spiro atoms. The lowest BCUT2D eigenvalue weighted by Crippen LogP contribution is -2.27. The number of carbonyl (C=O) groups is 2. The molecular weight excluding hydrogens is 395 g/mol. The van der Waals surface area contributed by atoms with Gasteiger partial charge in [0.05, 0.1) is 17.2 Å². The van der Waals surface area contributed by atoms with Gasteiger partial charge in [-0.2, -0.15) is 13.2 Å². The molecule has 0 saturated carbocycles. The van der Waals surface area contributed by atoms with Crippen molar-refractivity contribution in [2.24, 2.45) is 5.92 Å². The van der Waals surface area contributed by atoms with Crippen molar-refractivity contribution in [2.45, 2.75) is 25.9 Å². The van der Waals surface area contributed by atoms with Gasteiger partial charge in [0.25, 0.3) is 5.91 Å². The van der Waals surface area contributed by atoms with Gasteiger partial charge in [-0.25, -0.2) is 0 Å². The van der Waals surface area contributed by atoms with Gasteiger partial charge in [-0.15, -0.1) is 0 Å². The second-order valence-corrected chi connectivity index (χ2v) is 6.91. The molecule has 0 saturated heterocycles. The van der Waals surface area contributed by atoms with E-state index >= 15 is 0 Å². The predicted molar refractivity (Wildman–Crippen MR) is 100 cm³/mol. The Kier molecular flexibility index (Phi) is 7.07. The number of para-hydroxylation sites is 1. The maximum atomic E-state index is 13.0. The Labute approximate surface area is 165 Å². The number of rotatable bonds is 6. The van der Waals surface area contributed by atoms with E-state index in [0.717, 1.165) is 12.1 Å². The first-order valence-corrected chi connectivity index (χ1v) is 8.85. The summed E-state index contributed by atoms with van der Waals surface area (Å²) in [6.45, 7) is 2.95. The zero-order chi connectivity index (χ0) is 20.9. The first kappa shape index (κ1) is 21.8. The van der Waals surface area contributed by atoms with Crippen LogP contribution >= 0.6 is 11.6 Å². The number of ether oxygens (including phenoxy) is 1. The number of alkyl halides is 3. The lowest BCUT2D eigenvalue weighted by atomic mass is 9.88. The third-order valence-corrected chi connectivity index (χ3v) is 4.25. The molecule has 1 amide bonds. The van der Waals surface area contributed by atoms with E-state index in [9.17, 15) is 22.8 Å². The molecule has 0 aliphatic carbocycles. The van der Waals surface area contributed by atoms with Crippen molar-refractivity contribution in [3.05, 3.63) is 64.7 Å². The van der Waals surface area contributed by atoms with Crippen LogP contribution in [0.5, 0.6) is 0 Å². The molecule has 0 aliphatic rings. The summed E-state index contributed by atoms with van der Waals surface area (Å²) in [4.78, 5) is 24.4. The molecule has 2 rings (SSSR count). The highest BCUT2D eigenvalue weighted by Gasteiger charge is 2.33. The topological polar surface area (TPSA) is 55.4 Å². The Morgan fingerprint density at radius 1 is 1.07 bits per heavy atom. The van der Waals surface area contributed by atoms with E-state index in [2.05, 4.69) is 5.32 Å². The standard InChI is InChI=1S/C20H19ClF3NO3/c1-12(2)18(13-7-9-14(21)10-8-13)19(27)28-11-17(26)25-16-6-4-3-5-15(16)20(22,23)24/h3-10,12,18H,11H2,1-2H3,(H,25,26). The van der Waals surface area contributed by atoms with Crippen LogP contribution in [0.3, 0.4) is 0 Å². The minimum absolute atomic E-state index is 0.123. The summed E-state index contributed by atoms with van der Waals surface area (Å²) in [6, 6.07) is 11.2. The van der Waals surface area contributed by atoms with Crippen molar-refractivity contribution in [3.63, 3.8) is 0 Å². The van der Waals surface area contributed by atoms with Crippen LogP contribution in [0.15, 0.2) is 48.5 Å². The van der Waals surface area contributed by atoms with Crippen LogP contribution < -0.4 is 5.32 Å². The van der Waals surface area contributed by atoms with Gasteiger partial charge in [0, 0.05) is 5.02 Å². The van der Waals surface area contributed by atoms with Crippen molar-refractivity contribution in [1.29, 1.82) is 0 Å². The summed E-state index contributed by atoms with van der Waals surface area (Å²) in [5, 5.41) is 2.65. The number of halogens is 4. The number of carbonyl (C=O) groups excluding carboxylic acids is 2.